The van der Waals surface area contributed by atoms with Gasteiger partial charge in [-0.05, 0) is 48.3 Å². The van der Waals surface area contributed by atoms with Crippen molar-refractivity contribution in [1.29, 1.82) is 0 Å². The Labute approximate surface area is 128 Å². The molecular formula is C14H23BrN2OS. The molecule has 0 radical (unpaired) electrons. The van der Waals surface area contributed by atoms with Crippen molar-refractivity contribution in [3.8, 4) is 0 Å². The first-order chi connectivity index (χ1) is 9.28. The first kappa shape index (κ1) is 15.4. The van der Waals surface area contributed by atoms with Gasteiger partial charge in [0.1, 0.15) is 0 Å². The minimum absolute atomic E-state index is 0.451. The van der Waals surface area contributed by atoms with Gasteiger partial charge in [0.2, 0.25) is 0 Å². The summed E-state index contributed by atoms with van der Waals surface area (Å²) in [6.45, 7) is 8.38. The van der Waals surface area contributed by atoms with Gasteiger partial charge in [0.15, 0.2) is 0 Å². The van der Waals surface area contributed by atoms with Gasteiger partial charge in [-0.3, -0.25) is 4.90 Å². The minimum atomic E-state index is 0.451. The summed E-state index contributed by atoms with van der Waals surface area (Å²) in [5.74, 6) is 0. The molecule has 0 saturated carbocycles. The summed E-state index contributed by atoms with van der Waals surface area (Å²) in [6, 6.07) is 2.18. The number of nitrogens with zero attached hydrogens (tertiary/aromatic N) is 1. The SMILES string of the molecule is CCOC1CCCN(CCNCc2cc(Br)cs2)C1. The van der Waals surface area contributed by atoms with Crippen molar-refractivity contribution < 1.29 is 4.74 Å². The highest BCUT2D eigenvalue weighted by Gasteiger charge is 2.19. The molecule has 19 heavy (non-hydrogen) atoms. The van der Waals surface area contributed by atoms with E-state index in [1.54, 1.807) is 11.3 Å². The minimum Gasteiger partial charge on any atom is -0.377 e. The van der Waals surface area contributed by atoms with Gasteiger partial charge in [0.05, 0.1) is 6.10 Å². The number of halogens is 1. The lowest BCUT2D eigenvalue weighted by Gasteiger charge is -2.32. The molecule has 3 nitrogen and oxygen atoms in total. The van der Waals surface area contributed by atoms with Gasteiger partial charge in [-0.15, -0.1) is 11.3 Å². The van der Waals surface area contributed by atoms with E-state index in [2.05, 4.69) is 44.5 Å². The molecule has 1 fully saturated rings. The molecule has 1 unspecified atom stereocenters. The average Bonchev–Trinajstić information content (AvgIpc) is 2.82. The van der Waals surface area contributed by atoms with Gasteiger partial charge in [0.25, 0.3) is 0 Å². The third kappa shape index (κ3) is 5.52. The van der Waals surface area contributed by atoms with Crippen molar-refractivity contribution in [1.82, 2.24) is 10.2 Å². The number of likely N-dealkylation sites (tertiary alicyclic amines) is 1. The van der Waals surface area contributed by atoms with Crippen molar-refractivity contribution in [2.45, 2.75) is 32.4 Å². The molecule has 2 rings (SSSR count). The van der Waals surface area contributed by atoms with E-state index in [1.165, 1.54) is 28.7 Å². The van der Waals surface area contributed by atoms with Crippen LogP contribution in [-0.4, -0.2) is 43.8 Å². The zero-order chi connectivity index (χ0) is 13.5. The maximum Gasteiger partial charge on any atom is 0.0702 e. The van der Waals surface area contributed by atoms with E-state index in [4.69, 9.17) is 4.74 Å². The highest BCUT2D eigenvalue weighted by molar-refractivity contribution is 9.10. The van der Waals surface area contributed by atoms with Crippen LogP contribution in [-0.2, 0) is 11.3 Å². The fraction of sp³-hybridized carbons (Fsp3) is 0.714. The Bertz CT molecular complexity index is 370. The predicted octanol–water partition coefficient (Wildman–Crippen LogP) is 3.10. The molecule has 1 aliphatic heterocycles. The number of hydrogen-bond acceptors (Lipinski definition) is 4. The fourth-order valence-electron chi connectivity index (χ4n) is 2.48. The Balaban J connectivity index is 1.60. The highest BCUT2D eigenvalue weighted by Crippen LogP contribution is 2.19. The van der Waals surface area contributed by atoms with Crippen molar-refractivity contribution in [3.05, 3.63) is 20.8 Å². The van der Waals surface area contributed by atoms with Crippen LogP contribution in [0.15, 0.2) is 15.9 Å². The van der Waals surface area contributed by atoms with E-state index < -0.39 is 0 Å². The summed E-state index contributed by atoms with van der Waals surface area (Å²) in [4.78, 5) is 3.90. The number of rotatable bonds is 7. The molecular weight excluding hydrogens is 324 g/mol. The third-order valence-electron chi connectivity index (χ3n) is 3.39. The topological polar surface area (TPSA) is 24.5 Å². The van der Waals surface area contributed by atoms with E-state index in [1.807, 2.05) is 0 Å². The summed E-state index contributed by atoms with van der Waals surface area (Å²) in [5.41, 5.74) is 0. The molecule has 5 heteroatoms. The van der Waals surface area contributed by atoms with E-state index in [0.29, 0.717) is 6.10 Å². The van der Waals surface area contributed by atoms with Crippen LogP contribution in [0, 0.1) is 0 Å². The van der Waals surface area contributed by atoms with E-state index in [-0.39, 0.29) is 0 Å². The Morgan fingerprint density at radius 1 is 1.58 bits per heavy atom. The summed E-state index contributed by atoms with van der Waals surface area (Å²) in [5, 5.41) is 5.65. The van der Waals surface area contributed by atoms with Crippen LogP contribution < -0.4 is 5.32 Å². The number of thiophene rings is 1. The Morgan fingerprint density at radius 3 is 3.21 bits per heavy atom. The van der Waals surface area contributed by atoms with E-state index in [0.717, 1.165) is 32.8 Å². The molecule has 1 aliphatic rings. The molecule has 0 amide bonds. The van der Waals surface area contributed by atoms with Gasteiger partial charge < -0.3 is 10.1 Å². The zero-order valence-corrected chi connectivity index (χ0v) is 13.9. The molecule has 1 N–H and O–H groups in total. The molecule has 1 atom stereocenters. The monoisotopic (exact) mass is 346 g/mol. The molecule has 1 aromatic heterocycles. The van der Waals surface area contributed by atoms with Crippen molar-refractivity contribution in [2.75, 3.05) is 32.8 Å². The number of nitrogens with one attached hydrogen (secondary N) is 1. The highest BCUT2D eigenvalue weighted by atomic mass is 79.9. The van der Waals surface area contributed by atoms with Crippen molar-refractivity contribution in [2.24, 2.45) is 0 Å². The Kier molecular flexibility index (Phi) is 6.81. The fourth-order valence-corrected chi connectivity index (χ4v) is 3.90. The maximum absolute atomic E-state index is 5.73. The maximum atomic E-state index is 5.73. The second-order valence-electron chi connectivity index (χ2n) is 4.93. The van der Waals surface area contributed by atoms with Crippen LogP contribution in [0.4, 0.5) is 0 Å². The number of ether oxygens (including phenoxy) is 1. The number of hydrogen-bond donors (Lipinski definition) is 1. The van der Waals surface area contributed by atoms with Gasteiger partial charge in [-0.25, -0.2) is 0 Å². The molecule has 108 valence electrons. The standard InChI is InChI=1S/C14H23BrN2OS/c1-2-18-13-4-3-6-17(10-13)7-5-16-9-14-8-12(15)11-19-14/h8,11,13,16H,2-7,9-10H2,1H3. The lowest BCUT2D eigenvalue weighted by Crippen LogP contribution is -2.42. The predicted molar refractivity (Wildman–Crippen MR) is 84.8 cm³/mol. The van der Waals surface area contributed by atoms with Crippen LogP contribution in [0.3, 0.4) is 0 Å². The van der Waals surface area contributed by atoms with Gasteiger partial charge in [-0.1, -0.05) is 0 Å². The van der Waals surface area contributed by atoms with Gasteiger partial charge in [-0.2, -0.15) is 0 Å². The summed E-state index contributed by atoms with van der Waals surface area (Å²) >= 11 is 5.29. The molecule has 0 spiro atoms. The van der Waals surface area contributed by atoms with Crippen LogP contribution in [0.1, 0.15) is 24.6 Å². The third-order valence-corrected chi connectivity index (χ3v) is 5.09. The second-order valence-corrected chi connectivity index (χ2v) is 6.84. The molecule has 0 bridgehead atoms. The molecule has 1 aromatic rings. The first-order valence-electron chi connectivity index (χ1n) is 7.05. The van der Waals surface area contributed by atoms with Gasteiger partial charge >= 0.3 is 0 Å². The molecule has 0 aliphatic carbocycles. The van der Waals surface area contributed by atoms with Crippen LogP contribution in [0.2, 0.25) is 0 Å². The van der Waals surface area contributed by atoms with E-state index >= 15 is 0 Å². The lowest BCUT2D eigenvalue weighted by molar-refractivity contribution is 0.00635. The Hall–Kier alpha value is 0.0600. The summed E-state index contributed by atoms with van der Waals surface area (Å²) in [6.07, 6.45) is 2.94. The molecule has 1 saturated heterocycles. The van der Waals surface area contributed by atoms with Crippen LogP contribution in [0.25, 0.3) is 0 Å². The zero-order valence-electron chi connectivity index (χ0n) is 11.5. The lowest BCUT2D eigenvalue weighted by atomic mass is 10.1. The van der Waals surface area contributed by atoms with Crippen LogP contribution >= 0.6 is 27.3 Å². The smallest absolute Gasteiger partial charge is 0.0702 e. The normalized spacial score (nSPS) is 20.8. The van der Waals surface area contributed by atoms with Gasteiger partial charge in [0, 0.05) is 47.5 Å². The average molecular weight is 347 g/mol. The van der Waals surface area contributed by atoms with E-state index in [9.17, 15) is 0 Å². The van der Waals surface area contributed by atoms with Crippen LogP contribution in [0.5, 0.6) is 0 Å². The molecule has 0 aromatic carbocycles. The largest absolute Gasteiger partial charge is 0.377 e. The Morgan fingerprint density at radius 2 is 2.47 bits per heavy atom. The quantitative estimate of drug-likeness (QED) is 0.767. The number of piperidine rings is 1. The first-order valence-corrected chi connectivity index (χ1v) is 8.72. The van der Waals surface area contributed by atoms with Crippen molar-refractivity contribution >= 4 is 27.3 Å². The second kappa shape index (κ2) is 8.37. The summed E-state index contributed by atoms with van der Waals surface area (Å²) < 4.78 is 6.91. The summed E-state index contributed by atoms with van der Waals surface area (Å²) in [7, 11) is 0. The van der Waals surface area contributed by atoms with Crippen molar-refractivity contribution in [3.63, 3.8) is 0 Å². The molecule has 2 heterocycles.